The van der Waals surface area contributed by atoms with Gasteiger partial charge in [-0.3, -0.25) is 4.79 Å². The van der Waals surface area contributed by atoms with Crippen LogP contribution in [0.15, 0.2) is 0 Å². The standard InChI is InChI=1S/C13H25NO2/c1-10(2)5-6-12(16)14-8-7-13(3,4)11(15)9-14/h10-11,15H,5-9H2,1-4H3. The van der Waals surface area contributed by atoms with Crippen LogP contribution in [-0.2, 0) is 4.79 Å². The molecular weight excluding hydrogens is 202 g/mol. The number of aliphatic hydroxyl groups excluding tert-OH is 1. The van der Waals surface area contributed by atoms with Gasteiger partial charge in [0.15, 0.2) is 0 Å². The third-order valence-electron chi connectivity index (χ3n) is 3.61. The number of carbonyl (C=O) groups is 1. The van der Waals surface area contributed by atoms with E-state index in [1.807, 2.05) is 4.90 Å². The van der Waals surface area contributed by atoms with E-state index in [2.05, 4.69) is 27.7 Å². The van der Waals surface area contributed by atoms with Gasteiger partial charge in [-0.05, 0) is 24.2 Å². The van der Waals surface area contributed by atoms with E-state index in [9.17, 15) is 9.90 Å². The summed E-state index contributed by atoms with van der Waals surface area (Å²) in [4.78, 5) is 13.7. The van der Waals surface area contributed by atoms with E-state index < -0.39 is 0 Å². The Morgan fingerprint density at radius 3 is 2.62 bits per heavy atom. The van der Waals surface area contributed by atoms with E-state index in [-0.39, 0.29) is 17.4 Å². The molecule has 1 heterocycles. The molecular formula is C13H25NO2. The van der Waals surface area contributed by atoms with Gasteiger partial charge in [0.1, 0.15) is 0 Å². The van der Waals surface area contributed by atoms with Crippen molar-refractivity contribution in [2.45, 2.75) is 53.1 Å². The number of piperidine rings is 1. The van der Waals surface area contributed by atoms with E-state index in [0.29, 0.717) is 18.9 Å². The van der Waals surface area contributed by atoms with Gasteiger partial charge in [-0.15, -0.1) is 0 Å². The predicted octanol–water partition coefficient (Wildman–Crippen LogP) is 2.04. The smallest absolute Gasteiger partial charge is 0.222 e. The molecule has 3 heteroatoms. The zero-order valence-electron chi connectivity index (χ0n) is 11.0. The van der Waals surface area contributed by atoms with Gasteiger partial charge < -0.3 is 10.0 Å². The van der Waals surface area contributed by atoms with Crippen LogP contribution in [-0.4, -0.2) is 35.1 Å². The molecule has 0 saturated carbocycles. The fraction of sp³-hybridized carbons (Fsp3) is 0.923. The average Bonchev–Trinajstić information content (AvgIpc) is 2.18. The Labute approximate surface area is 98.8 Å². The number of β-amino-alcohol motifs (C(OH)–C–C–N with tert-alkyl or cyclic N) is 1. The van der Waals surface area contributed by atoms with Crippen molar-refractivity contribution in [1.82, 2.24) is 4.90 Å². The molecule has 0 aromatic carbocycles. The van der Waals surface area contributed by atoms with Crippen molar-refractivity contribution < 1.29 is 9.90 Å². The lowest BCUT2D eigenvalue weighted by Gasteiger charge is -2.41. The molecule has 3 nitrogen and oxygen atoms in total. The number of carbonyl (C=O) groups excluding carboxylic acids is 1. The summed E-state index contributed by atoms with van der Waals surface area (Å²) in [7, 11) is 0. The van der Waals surface area contributed by atoms with Gasteiger partial charge in [-0.2, -0.15) is 0 Å². The third kappa shape index (κ3) is 3.48. The first-order valence-corrected chi connectivity index (χ1v) is 6.29. The first kappa shape index (κ1) is 13.5. The van der Waals surface area contributed by atoms with Gasteiger partial charge in [-0.1, -0.05) is 27.7 Å². The maximum Gasteiger partial charge on any atom is 0.222 e. The molecule has 1 N–H and O–H groups in total. The Bertz CT molecular complexity index is 248. The van der Waals surface area contributed by atoms with Crippen molar-refractivity contribution in [2.75, 3.05) is 13.1 Å². The molecule has 1 saturated heterocycles. The van der Waals surface area contributed by atoms with E-state index >= 15 is 0 Å². The third-order valence-corrected chi connectivity index (χ3v) is 3.61. The summed E-state index contributed by atoms with van der Waals surface area (Å²) in [6, 6.07) is 0. The number of amides is 1. The Balaban J connectivity index is 2.42. The summed E-state index contributed by atoms with van der Waals surface area (Å²) in [6.45, 7) is 9.68. The fourth-order valence-electron chi connectivity index (χ4n) is 1.93. The molecule has 1 rings (SSSR count). The highest BCUT2D eigenvalue weighted by molar-refractivity contribution is 5.76. The van der Waals surface area contributed by atoms with Crippen LogP contribution in [0.25, 0.3) is 0 Å². The second kappa shape index (κ2) is 5.17. The minimum Gasteiger partial charge on any atom is -0.391 e. The van der Waals surface area contributed by atoms with E-state index in [0.717, 1.165) is 19.4 Å². The van der Waals surface area contributed by atoms with Crippen LogP contribution < -0.4 is 0 Å². The van der Waals surface area contributed by atoms with Crippen LogP contribution in [0.3, 0.4) is 0 Å². The molecule has 1 aliphatic rings. The van der Waals surface area contributed by atoms with Gasteiger partial charge in [0.2, 0.25) is 5.91 Å². The van der Waals surface area contributed by atoms with E-state index in [4.69, 9.17) is 0 Å². The molecule has 1 aliphatic heterocycles. The summed E-state index contributed by atoms with van der Waals surface area (Å²) in [5.41, 5.74) is -0.0468. The highest BCUT2D eigenvalue weighted by atomic mass is 16.3. The lowest BCUT2D eigenvalue weighted by atomic mass is 9.80. The molecule has 1 amide bonds. The number of hydrogen-bond donors (Lipinski definition) is 1. The SMILES string of the molecule is CC(C)CCC(=O)N1CCC(C)(C)C(O)C1. The van der Waals surface area contributed by atoms with E-state index in [1.165, 1.54) is 0 Å². The Morgan fingerprint density at radius 2 is 2.12 bits per heavy atom. The first-order valence-electron chi connectivity index (χ1n) is 6.29. The molecule has 0 radical (unpaired) electrons. The highest BCUT2D eigenvalue weighted by Gasteiger charge is 2.35. The van der Waals surface area contributed by atoms with Crippen molar-refractivity contribution in [3.63, 3.8) is 0 Å². The Hall–Kier alpha value is -0.570. The molecule has 16 heavy (non-hydrogen) atoms. The van der Waals surface area contributed by atoms with Crippen molar-refractivity contribution in [3.05, 3.63) is 0 Å². The number of hydrogen-bond acceptors (Lipinski definition) is 2. The van der Waals surface area contributed by atoms with E-state index in [1.54, 1.807) is 0 Å². The fourth-order valence-corrected chi connectivity index (χ4v) is 1.93. The molecule has 0 aromatic heterocycles. The molecule has 0 spiro atoms. The second-order valence-electron chi connectivity index (χ2n) is 6.03. The molecule has 0 bridgehead atoms. The second-order valence-corrected chi connectivity index (χ2v) is 6.03. The van der Waals surface area contributed by atoms with Gasteiger partial charge in [-0.25, -0.2) is 0 Å². The average molecular weight is 227 g/mol. The maximum absolute atomic E-state index is 11.9. The molecule has 1 atom stereocenters. The quantitative estimate of drug-likeness (QED) is 0.801. The van der Waals surface area contributed by atoms with Crippen molar-refractivity contribution in [3.8, 4) is 0 Å². The van der Waals surface area contributed by atoms with Gasteiger partial charge in [0, 0.05) is 19.5 Å². The number of likely N-dealkylation sites (tertiary alicyclic amines) is 1. The summed E-state index contributed by atoms with van der Waals surface area (Å²) in [6.07, 6.45) is 2.06. The summed E-state index contributed by atoms with van der Waals surface area (Å²) in [5.74, 6) is 0.762. The summed E-state index contributed by atoms with van der Waals surface area (Å²) >= 11 is 0. The van der Waals surface area contributed by atoms with Crippen LogP contribution in [0.2, 0.25) is 0 Å². The molecule has 1 fully saturated rings. The largest absolute Gasteiger partial charge is 0.391 e. The molecule has 94 valence electrons. The number of rotatable bonds is 3. The van der Waals surface area contributed by atoms with Crippen LogP contribution in [0, 0.1) is 11.3 Å². The van der Waals surface area contributed by atoms with Crippen LogP contribution >= 0.6 is 0 Å². The van der Waals surface area contributed by atoms with Crippen molar-refractivity contribution >= 4 is 5.91 Å². The first-order chi connectivity index (χ1) is 7.33. The van der Waals surface area contributed by atoms with Gasteiger partial charge in [0.05, 0.1) is 6.10 Å². The monoisotopic (exact) mass is 227 g/mol. The minimum atomic E-state index is -0.385. The van der Waals surface area contributed by atoms with Crippen LogP contribution in [0.1, 0.15) is 47.0 Å². The minimum absolute atomic E-state index is 0.0468. The van der Waals surface area contributed by atoms with Gasteiger partial charge >= 0.3 is 0 Å². The van der Waals surface area contributed by atoms with Crippen LogP contribution in [0.4, 0.5) is 0 Å². The Morgan fingerprint density at radius 1 is 1.50 bits per heavy atom. The summed E-state index contributed by atoms with van der Waals surface area (Å²) < 4.78 is 0. The van der Waals surface area contributed by atoms with Crippen molar-refractivity contribution in [1.29, 1.82) is 0 Å². The van der Waals surface area contributed by atoms with Crippen molar-refractivity contribution in [2.24, 2.45) is 11.3 Å². The normalized spacial score (nSPS) is 24.9. The summed E-state index contributed by atoms with van der Waals surface area (Å²) in [5, 5.41) is 9.94. The lowest BCUT2D eigenvalue weighted by molar-refractivity contribution is -0.138. The molecule has 0 aromatic rings. The lowest BCUT2D eigenvalue weighted by Crippen LogP contribution is -2.50. The van der Waals surface area contributed by atoms with Gasteiger partial charge in [0.25, 0.3) is 0 Å². The zero-order chi connectivity index (χ0) is 12.3. The number of aliphatic hydroxyl groups is 1. The Kier molecular flexibility index (Phi) is 4.36. The highest BCUT2D eigenvalue weighted by Crippen LogP contribution is 2.30. The molecule has 1 unspecified atom stereocenters. The molecule has 0 aliphatic carbocycles. The number of nitrogens with zero attached hydrogens (tertiary/aromatic N) is 1. The predicted molar refractivity (Wildman–Crippen MR) is 65.1 cm³/mol. The zero-order valence-corrected chi connectivity index (χ0v) is 11.0. The topological polar surface area (TPSA) is 40.5 Å². The maximum atomic E-state index is 11.9. The van der Waals surface area contributed by atoms with Crippen LogP contribution in [0.5, 0.6) is 0 Å².